The Balaban J connectivity index is 1.66. The lowest BCUT2D eigenvalue weighted by Gasteiger charge is -2.39. The van der Waals surface area contributed by atoms with Crippen LogP contribution in [0.25, 0.3) is 21.9 Å². The molecule has 0 aliphatic carbocycles. The van der Waals surface area contributed by atoms with Crippen LogP contribution in [0, 0.1) is 0 Å². The third-order valence-electron chi connectivity index (χ3n) is 8.66. The summed E-state index contributed by atoms with van der Waals surface area (Å²) in [5, 5.41) is 1.95. The van der Waals surface area contributed by atoms with E-state index in [1.807, 2.05) is 56.9 Å². The number of Topliss-reactive ketones (excluding diaryl/α,β-unsaturated/α-hetero) is 1. The molecule has 1 aromatic heterocycles. The molecule has 0 saturated heterocycles. The number of fused-ring (bicyclic) bond motifs is 3. The van der Waals surface area contributed by atoms with E-state index >= 15 is 0 Å². The topological polar surface area (TPSA) is 59.8 Å². The summed E-state index contributed by atoms with van der Waals surface area (Å²) in [5.41, 5.74) is 4.45. The van der Waals surface area contributed by atoms with Gasteiger partial charge in [-0.15, -0.1) is 0 Å². The lowest BCUT2D eigenvalue weighted by Crippen LogP contribution is -2.42. The average molecular weight is 586 g/mol. The van der Waals surface area contributed by atoms with E-state index in [-0.39, 0.29) is 47.8 Å². The van der Waals surface area contributed by atoms with E-state index in [0.717, 1.165) is 33.9 Å². The molecular weight excluding hydrogens is 538 g/mol. The van der Waals surface area contributed by atoms with Gasteiger partial charge in [-0.25, -0.2) is 0 Å². The molecule has 3 aromatic carbocycles. The molecule has 1 atom stereocenters. The predicted molar refractivity (Wildman–Crippen MR) is 176 cm³/mol. The van der Waals surface area contributed by atoms with Gasteiger partial charge in [-0.3, -0.25) is 9.59 Å². The molecule has 0 aliphatic heterocycles. The number of hydrogen-bond acceptors (Lipinski definition) is 4. The van der Waals surface area contributed by atoms with Crippen molar-refractivity contribution >= 4 is 41.9 Å². The number of carbonyl (C=O) groups is 2. The quantitative estimate of drug-likeness (QED) is 0.130. The van der Waals surface area contributed by atoms with Gasteiger partial charge in [0.2, 0.25) is 5.91 Å². The predicted octanol–water partition coefficient (Wildman–Crippen LogP) is 9.50. The summed E-state index contributed by atoms with van der Waals surface area (Å²) >= 11 is 0. The second-order valence-corrected chi connectivity index (χ2v) is 18.3. The molecule has 0 radical (unpaired) electrons. The van der Waals surface area contributed by atoms with Crippen molar-refractivity contribution in [1.82, 2.24) is 4.90 Å². The zero-order chi connectivity index (χ0) is 30.8. The summed E-state index contributed by atoms with van der Waals surface area (Å²) in [6, 6.07) is 22.6. The number of carbonyl (C=O) groups excluding carboxylic acids is 2. The summed E-state index contributed by atoms with van der Waals surface area (Å²) in [5.74, 6) is -0.0227. The van der Waals surface area contributed by atoms with E-state index in [0.29, 0.717) is 5.56 Å². The first-order valence-electron chi connectivity index (χ1n) is 15.2. The van der Waals surface area contributed by atoms with Crippen LogP contribution in [0.15, 0.2) is 71.1 Å². The number of furan rings is 1. The van der Waals surface area contributed by atoms with E-state index in [2.05, 4.69) is 70.3 Å². The molecule has 42 heavy (non-hydrogen) atoms. The van der Waals surface area contributed by atoms with Crippen LogP contribution in [0.5, 0.6) is 0 Å². The Bertz CT molecular complexity index is 1540. The Hall–Kier alpha value is -3.22. The molecule has 5 nitrogen and oxygen atoms in total. The first kappa shape index (κ1) is 31.7. The highest BCUT2D eigenvalue weighted by Gasteiger charge is 2.39. The average Bonchev–Trinajstić information content (AvgIpc) is 3.28. The zero-order valence-electron chi connectivity index (χ0n) is 26.8. The third-order valence-corrected chi connectivity index (χ3v) is 13.1. The highest BCUT2D eigenvalue weighted by molar-refractivity contribution is 6.74. The second-order valence-electron chi connectivity index (χ2n) is 13.5. The van der Waals surface area contributed by atoms with Crippen LogP contribution in [0.2, 0.25) is 18.1 Å². The standard InChI is InChI=1S/C36H47NO4Si/c1-24(2)37(25(3)4)35(39)20-17-31(38)27-15-18-32-29(22-27)30-23-28(16-19-33(30)40-32)34(21-26-13-11-10-12-14-26)41-42(8,9)36(5,6)7/h10-16,18-19,22-25,34H,17,20-21H2,1-9H3. The van der Waals surface area contributed by atoms with Crippen LogP contribution in [0.4, 0.5) is 0 Å². The molecule has 0 bridgehead atoms. The number of amides is 1. The van der Waals surface area contributed by atoms with Crippen molar-refractivity contribution in [3.8, 4) is 0 Å². The van der Waals surface area contributed by atoms with E-state index < -0.39 is 8.32 Å². The van der Waals surface area contributed by atoms with Crippen molar-refractivity contribution in [3.63, 3.8) is 0 Å². The lowest BCUT2D eigenvalue weighted by atomic mass is 9.98. The van der Waals surface area contributed by atoms with Crippen LogP contribution in [-0.4, -0.2) is 37.0 Å². The van der Waals surface area contributed by atoms with E-state index in [9.17, 15) is 9.59 Å². The van der Waals surface area contributed by atoms with Gasteiger partial charge < -0.3 is 13.7 Å². The molecule has 1 unspecified atom stereocenters. The number of rotatable bonds is 11. The van der Waals surface area contributed by atoms with E-state index in [1.165, 1.54) is 5.56 Å². The van der Waals surface area contributed by atoms with Crippen molar-refractivity contribution in [1.29, 1.82) is 0 Å². The van der Waals surface area contributed by atoms with Crippen LogP contribution in [-0.2, 0) is 15.6 Å². The maximum Gasteiger partial charge on any atom is 0.223 e. The van der Waals surface area contributed by atoms with Gasteiger partial charge in [-0.05, 0) is 87.3 Å². The van der Waals surface area contributed by atoms with Crippen molar-refractivity contribution in [2.45, 2.75) is 104 Å². The largest absolute Gasteiger partial charge is 0.456 e. The van der Waals surface area contributed by atoms with Gasteiger partial charge >= 0.3 is 0 Å². The molecule has 4 rings (SSSR count). The van der Waals surface area contributed by atoms with Gasteiger partial charge in [-0.2, -0.15) is 0 Å². The van der Waals surface area contributed by atoms with Gasteiger partial charge in [0.1, 0.15) is 11.2 Å². The fraction of sp³-hybridized carbons (Fsp3) is 0.444. The Morgan fingerprint density at radius 2 is 1.43 bits per heavy atom. The maximum atomic E-state index is 13.2. The molecule has 1 heterocycles. The van der Waals surface area contributed by atoms with E-state index in [1.54, 1.807) is 6.07 Å². The first-order valence-corrected chi connectivity index (χ1v) is 18.1. The smallest absolute Gasteiger partial charge is 0.223 e. The van der Waals surface area contributed by atoms with Gasteiger partial charge in [0.15, 0.2) is 14.1 Å². The highest BCUT2D eigenvalue weighted by atomic mass is 28.4. The van der Waals surface area contributed by atoms with Crippen LogP contribution >= 0.6 is 0 Å². The summed E-state index contributed by atoms with van der Waals surface area (Å²) in [7, 11) is -2.07. The molecule has 0 spiro atoms. The van der Waals surface area contributed by atoms with Crippen LogP contribution in [0.1, 0.15) is 88.9 Å². The molecule has 0 N–H and O–H groups in total. The second kappa shape index (κ2) is 12.6. The maximum absolute atomic E-state index is 13.2. The molecule has 0 saturated carbocycles. The normalized spacial score (nSPS) is 13.3. The number of hydrogen-bond donors (Lipinski definition) is 0. The van der Waals surface area contributed by atoms with Crippen molar-refractivity contribution in [3.05, 3.63) is 83.4 Å². The minimum absolute atomic E-state index is 0.0130. The highest BCUT2D eigenvalue weighted by Crippen LogP contribution is 2.41. The molecule has 224 valence electrons. The fourth-order valence-electron chi connectivity index (χ4n) is 5.42. The minimum atomic E-state index is -2.07. The number of ketones is 1. The Labute approximate surface area is 252 Å². The fourth-order valence-corrected chi connectivity index (χ4v) is 6.71. The Morgan fingerprint density at radius 3 is 2.02 bits per heavy atom. The Morgan fingerprint density at radius 1 is 0.833 bits per heavy atom. The number of benzene rings is 3. The van der Waals surface area contributed by atoms with Gasteiger partial charge in [0.25, 0.3) is 0 Å². The summed E-state index contributed by atoms with van der Waals surface area (Å²) in [6.07, 6.45) is 1.05. The summed E-state index contributed by atoms with van der Waals surface area (Å²) in [6.45, 7) is 19.4. The summed E-state index contributed by atoms with van der Waals surface area (Å²) in [4.78, 5) is 27.9. The lowest BCUT2D eigenvalue weighted by molar-refractivity contribution is -0.134. The Kier molecular flexibility index (Phi) is 9.48. The monoisotopic (exact) mass is 585 g/mol. The van der Waals surface area contributed by atoms with Gasteiger partial charge in [0, 0.05) is 47.7 Å². The van der Waals surface area contributed by atoms with Gasteiger partial charge in [0.05, 0.1) is 6.10 Å². The zero-order valence-corrected chi connectivity index (χ0v) is 27.8. The molecule has 0 fully saturated rings. The SMILES string of the molecule is CC(C)N(C(=O)CCC(=O)c1ccc2oc3ccc(C(Cc4ccccc4)O[Si](C)(C)C(C)(C)C)cc3c2c1)C(C)C. The van der Waals surface area contributed by atoms with Crippen molar-refractivity contribution in [2.24, 2.45) is 0 Å². The van der Waals surface area contributed by atoms with Crippen molar-refractivity contribution < 1.29 is 18.4 Å². The summed E-state index contributed by atoms with van der Waals surface area (Å²) < 4.78 is 13.2. The first-order chi connectivity index (χ1) is 19.7. The van der Waals surface area contributed by atoms with E-state index in [4.69, 9.17) is 8.84 Å². The van der Waals surface area contributed by atoms with Crippen LogP contribution in [0.3, 0.4) is 0 Å². The number of nitrogens with zero attached hydrogens (tertiary/aromatic N) is 1. The molecule has 1 amide bonds. The van der Waals surface area contributed by atoms with Gasteiger partial charge in [-0.1, -0.05) is 57.2 Å². The minimum Gasteiger partial charge on any atom is -0.456 e. The molecule has 0 aliphatic rings. The van der Waals surface area contributed by atoms with Crippen molar-refractivity contribution in [2.75, 3.05) is 0 Å². The molecule has 6 heteroatoms. The molecular formula is C36H47NO4Si. The third kappa shape index (κ3) is 7.04. The van der Waals surface area contributed by atoms with Crippen LogP contribution < -0.4 is 0 Å². The molecule has 4 aromatic rings.